The molecular formula is C21H22N4O4. The van der Waals surface area contributed by atoms with Crippen molar-refractivity contribution in [2.75, 3.05) is 6.54 Å². The number of amides is 6. The molecule has 8 heteroatoms. The number of nitrogens with zero attached hydrogens (tertiary/aromatic N) is 1. The van der Waals surface area contributed by atoms with Crippen LogP contribution in [0.25, 0.3) is 0 Å². The quantitative estimate of drug-likeness (QED) is 0.650. The summed E-state index contributed by atoms with van der Waals surface area (Å²) in [6.45, 7) is 1.49. The Morgan fingerprint density at radius 2 is 1.62 bits per heavy atom. The molecule has 0 bridgehead atoms. The topological polar surface area (TPSA) is 108 Å². The van der Waals surface area contributed by atoms with Gasteiger partial charge in [0.1, 0.15) is 12.1 Å². The number of rotatable bonds is 6. The molecule has 1 atom stereocenters. The van der Waals surface area contributed by atoms with Gasteiger partial charge in [0, 0.05) is 6.54 Å². The molecule has 1 fully saturated rings. The third-order valence-corrected chi connectivity index (χ3v) is 4.82. The second-order valence-corrected chi connectivity index (χ2v) is 6.66. The molecule has 29 heavy (non-hydrogen) atoms. The average Bonchev–Trinajstić information content (AvgIpc) is 2.98. The maximum atomic E-state index is 13.0. The van der Waals surface area contributed by atoms with E-state index in [4.69, 9.17) is 0 Å². The van der Waals surface area contributed by atoms with Crippen molar-refractivity contribution in [2.45, 2.75) is 25.4 Å². The molecule has 6 amide bonds. The van der Waals surface area contributed by atoms with Crippen LogP contribution >= 0.6 is 0 Å². The first-order chi connectivity index (χ1) is 14.0. The monoisotopic (exact) mass is 394 g/mol. The molecule has 2 aromatic carbocycles. The lowest BCUT2D eigenvalue weighted by molar-refractivity contribution is -0.135. The molecule has 3 rings (SSSR count). The fourth-order valence-corrected chi connectivity index (χ4v) is 3.26. The maximum absolute atomic E-state index is 13.0. The molecule has 2 aromatic rings. The van der Waals surface area contributed by atoms with Crippen molar-refractivity contribution in [1.82, 2.24) is 20.9 Å². The van der Waals surface area contributed by atoms with Crippen LogP contribution in [0, 0.1) is 0 Å². The van der Waals surface area contributed by atoms with Crippen LogP contribution in [0.4, 0.5) is 9.59 Å². The summed E-state index contributed by atoms with van der Waals surface area (Å²) in [5.74, 6) is -1.27. The molecule has 1 heterocycles. The van der Waals surface area contributed by atoms with Crippen LogP contribution in [0.3, 0.4) is 0 Å². The Labute approximate surface area is 168 Å². The number of carbonyl (C=O) groups is 4. The minimum atomic E-state index is -1.21. The smallest absolute Gasteiger partial charge is 0.325 e. The molecule has 1 saturated heterocycles. The zero-order chi connectivity index (χ0) is 20.9. The number of urea groups is 2. The molecule has 0 aliphatic carbocycles. The van der Waals surface area contributed by atoms with E-state index in [1.807, 2.05) is 36.4 Å². The molecule has 150 valence electrons. The molecule has 8 nitrogen and oxygen atoms in total. The van der Waals surface area contributed by atoms with E-state index in [0.29, 0.717) is 12.0 Å². The molecule has 0 aromatic heterocycles. The van der Waals surface area contributed by atoms with Crippen molar-refractivity contribution >= 4 is 23.9 Å². The Balaban J connectivity index is 1.61. The maximum Gasteiger partial charge on any atom is 0.325 e. The second-order valence-electron chi connectivity index (χ2n) is 6.66. The van der Waals surface area contributed by atoms with Crippen LogP contribution in [-0.4, -0.2) is 35.3 Å². The zero-order valence-corrected chi connectivity index (χ0v) is 16.0. The first kappa shape index (κ1) is 20.1. The van der Waals surface area contributed by atoms with Gasteiger partial charge in [-0.15, -0.1) is 0 Å². The zero-order valence-electron chi connectivity index (χ0n) is 16.0. The van der Waals surface area contributed by atoms with Crippen LogP contribution in [0.15, 0.2) is 60.7 Å². The number of imide groups is 2. The molecule has 0 spiro atoms. The highest BCUT2D eigenvalue weighted by atomic mass is 16.2. The molecule has 1 unspecified atom stereocenters. The normalized spacial score (nSPS) is 18.3. The summed E-state index contributed by atoms with van der Waals surface area (Å²) in [6.07, 6.45) is 0.331. The number of hydrogen-bond donors (Lipinski definition) is 3. The lowest BCUT2D eigenvalue weighted by Gasteiger charge is -2.25. The Bertz CT molecular complexity index is 917. The van der Waals surface area contributed by atoms with Gasteiger partial charge in [0.2, 0.25) is 5.91 Å². The predicted octanol–water partition coefficient (Wildman–Crippen LogP) is 1.87. The molecule has 3 N–H and O–H groups in total. The van der Waals surface area contributed by atoms with E-state index >= 15 is 0 Å². The van der Waals surface area contributed by atoms with Gasteiger partial charge in [-0.2, -0.15) is 0 Å². The average molecular weight is 394 g/mol. The van der Waals surface area contributed by atoms with Crippen molar-refractivity contribution in [3.63, 3.8) is 0 Å². The summed E-state index contributed by atoms with van der Waals surface area (Å²) in [5, 5.41) is 7.39. The van der Waals surface area contributed by atoms with Crippen molar-refractivity contribution in [3.05, 3.63) is 71.8 Å². The summed E-state index contributed by atoms with van der Waals surface area (Å²) in [7, 11) is 0. The Hall–Kier alpha value is -3.68. The number of hydrogen-bond acceptors (Lipinski definition) is 4. The SMILES string of the molecule is CCC1(c2ccccc2)NC(=O)N(CC(=O)NC(=O)NCc2ccccc2)C1=O. The lowest BCUT2D eigenvalue weighted by Crippen LogP contribution is -2.47. The van der Waals surface area contributed by atoms with Gasteiger partial charge in [0.25, 0.3) is 5.91 Å². The van der Waals surface area contributed by atoms with Gasteiger partial charge in [-0.3, -0.25) is 19.8 Å². The number of benzene rings is 2. The van der Waals surface area contributed by atoms with E-state index in [0.717, 1.165) is 10.5 Å². The van der Waals surface area contributed by atoms with E-state index < -0.39 is 36.0 Å². The standard InChI is InChI=1S/C21H22N4O4/c1-2-21(16-11-7-4-8-12-16)18(27)25(20(29)24-21)14-17(26)23-19(28)22-13-15-9-5-3-6-10-15/h3-12H,2,13-14H2,1H3,(H,24,29)(H2,22,23,26,28). The third-order valence-electron chi connectivity index (χ3n) is 4.82. The van der Waals surface area contributed by atoms with E-state index in [1.54, 1.807) is 31.2 Å². The van der Waals surface area contributed by atoms with Crippen LogP contribution in [0.5, 0.6) is 0 Å². The molecule has 1 aliphatic rings. The molecule has 1 aliphatic heterocycles. The van der Waals surface area contributed by atoms with E-state index in [-0.39, 0.29) is 6.54 Å². The summed E-state index contributed by atoms with van der Waals surface area (Å²) in [5.41, 5.74) is 0.304. The lowest BCUT2D eigenvalue weighted by atomic mass is 9.87. The van der Waals surface area contributed by atoms with E-state index in [9.17, 15) is 19.2 Å². The van der Waals surface area contributed by atoms with Gasteiger partial charge in [0.15, 0.2) is 0 Å². The third kappa shape index (κ3) is 4.26. The molecular weight excluding hydrogens is 372 g/mol. The highest BCUT2D eigenvalue weighted by molar-refractivity contribution is 6.10. The minimum absolute atomic E-state index is 0.246. The van der Waals surface area contributed by atoms with Crippen LogP contribution in [0.2, 0.25) is 0 Å². The second kappa shape index (κ2) is 8.55. The van der Waals surface area contributed by atoms with Crippen molar-refractivity contribution in [1.29, 1.82) is 0 Å². The Morgan fingerprint density at radius 3 is 2.24 bits per heavy atom. The summed E-state index contributed by atoms with van der Waals surface area (Å²) in [4.78, 5) is 50.3. The molecule has 0 saturated carbocycles. The van der Waals surface area contributed by atoms with Crippen LogP contribution in [0.1, 0.15) is 24.5 Å². The van der Waals surface area contributed by atoms with Gasteiger partial charge in [-0.1, -0.05) is 67.6 Å². The Kier molecular flexibility index (Phi) is 5.92. The number of nitrogens with one attached hydrogen (secondary N) is 3. The van der Waals surface area contributed by atoms with Crippen LogP contribution < -0.4 is 16.0 Å². The predicted molar refractivity (Wildman–Crippen MR) is 105 cm³/mol. The minimum Gasteiger partial charge on any atom is -0.334 e. The van der Waals surface area contributed by atoms with Gasteiger partial charge in [0.05, 0.1) is 0 Å². The van der Waals surface area contributed by atoms with E-state index in [1.165, 1.54) is 0 Å². The number of carbonyl (C=O) groups excluding carboxylic acids is 4. The molecule has 0 radical (unpaired) electrons. The van der Waals surface area contributed by atoms with Gasteiger partial charge in [-0.25, -0.2) is 9.59 Å². The first-order valence-electron chi connectivity index (χ1n) is 9.27. The van der Waals surface area contributed by atoms with Gasteiger partial charge < -0.3 is 10.6 Å². The van der Waals surface area contributed by atoms with E-state index in [2.05, 4.69) is 16.0 Å². The van der Waals surface area contributed by atoms with Crippen molar-refractivity contribution in [3.8, 4) is 0 Å². The van der Waals surface area contributed by atoms with Gasteiger partial charge in [-0.05, 0) is 17.5 Å². The summed E-state index contributed by atoms with van der Waals surface area (Å²) >= 11 is 0. The fraction of sp³-hybridized carbons (Fsp3) is 0.238. The van der Waals surface area contributed by atoms with Crippen LogP contribution in [-0.2, 0) is 21.7 Å². The Morgan fingerprint density at radius 1 is 1.00 bits per heavy atom. The largest absolute Gasteiger partial charge is 0.334 e. The summed E-state index contributed by atoms with van der Waals surface area (Å²) < 4.78 is 0. The van der Waals surface area contributed by atoms with Crippen molar-refractivity contribution < 1.29 is 19.2 Å². The van der Waals surface area contributed by atoms with Gasteiger partial charge >= 0.3 is 12.1 Å². The highest BCUT2D eigenvalue weighted by Gasteiger charge is 2.51. The first-order valence-corrected chi connectivity index (χ1v) is 9.27. The highest BCUT2D eigenvalue weighted by Crippen LogP contribution is 2.32. The summed E-state index contributed by atoms with van der Waals surface area (Å²) in [6, 6.07) is 16.7. The fourth-order valence-electron chi connectivity index (χ4n) is 3.26. The van der Waals surface area contributed by atoms with Crippen molar-refractivity contribution in [2.24, 2.45) is 0 Å².